The molecule has 5 nitrogen and oxygen atoms in total. The lowest BCUT2D eigenvalue weighted by Gasteiger charge is -2.27. The van der Waals surface area contributed by atoms with Crippen LogP contribution in [0.2, 0.25) is 0 Å². The summed E-state index contributed by atoms with van der Waals surface area (Å²) in [5.74, 6) is 0.425. The summed E-state index contributed by atoms with van der Waals surface area (Å²) in [4.78, 5) is 6.13. The van der Waals surface area contributed by atoms with Gasteiger partial charge >= 0.3 is 6.61 Å². The molecule has 0 atom stereocenters. The Morgan fingerprint density at radius 2 is 2.07 bits per heavy atom. The molecule has 0 bridgehead atoms. The van der Waals surface area contributed by atoms with Gasteiger partial charge in [-0.1, -0.05) is 6.07 Å². The zero-order valence-electron chi connectivity index (χ0n) is 15.6. The number of benzene rings is 1. The summed E-state index contributed by atoms with van der Waals surface area (Å²) in [5.41, 5.74) is 0.0479. The maximum Gasteiger partial charge on any atom is 0.387 e. The van der Waals surface area contributed by atoms with Gasteiger partial charge in [-0.25, -0.2) is 4.39 Å². The Kier molecular flexibility index (Phi) is 10.8. The van der Waals surface area contributed by atoms with Gasteiger partial charge in [0.25, 0.3) is 0 Å². The van der Waals surface area contributed by atoms with Gasteiger partial charge in [0.2, 0.25) is 0 Å². The molecule has 1 heterocycles. The van der Waals surface area contributed by atoms with Crippen molar-refractivity contribution in [3.63, 3.8) is 0 Å². The molecule has 1 aromatic carbocycles. The first kappa shape index (κ1) is 23.8. The fourth-order valence-corrected chi connectivity index (χ4v) is 2.99. The van der Waals surface area contributed by atoms with Crippen LogP contribution in [0.3, 0.4) is 0 Å². The van der Waals surface area contributed by atoms with Crippen molar-refractivity contribution in [1.82, 2.24) is 10.2 Å². The van der Waals surface area contributed by atoms with E-state index in [0.717, 1.165) is 39.0 Å². The number of rotatable bonds is 7. The molecule has 1 aromatic rings. The van der Waals surface area contributed by atoms with Crippen molar-refractivity contribution in [2.45, 2.75) is 32.4 Å². The standard InChI is InChI=1S/C18H26F3N3O2.HI/c1-22-18(24(2)9-6-13-7-10-25-11-8-13)23-12-14-15(19)4-3-5-16(14)26-17(20)21;/h3-5,13,17H,6-12H2,1-2H3,(H,22,23);1H. The third-order valence-electron chi connectivity index (χ3n) is 4.50. The molecular weight excluding hydrogens is 474 g/mol. The quantitative estimate of drug-likeness (QED) is 0.350. The number of aliphatic imine (C=N–C) groups is 1. The van der Waals surface area contributed by atoms with E-state index in [1.807, 2.05) is 11.9 Å². The molecule has 27 heavy (non-hydrogen) atoms. The lowest BCUT2D eigenvalue weighted by atomic mass is 9.96. The Labute approximate surface area is 175 Å². The third kappa shape index (κ3) is 7.73. The topological polar surface area (TPSA) is 46.1 Å². The Hall–Kier alpha value is -1.23. The highest BCUT2D eigenvalue weighted by atomic mass is 127. The first-order valence-electron chi connectivity index (χ1n) is 8.73. The number of alkyl halides is 2. The zero-order valence-corrected chi connectivity index (χ0v) is 17.9. The Balaban J connectivity index is 0.00000364. The van der Waals surface area contributed by atoms with Crippen molar-refractivity contribution in [1.29, 1.82) is 0 Å². The molecule has 1 saturated heterocycles. The molecule has 0 spiro atoms. The Morgan fingerprint density at radius 3 is 2.70 bits per heavy atom. The molecule has 0 aliphatic carbocycles. The second-order valence-electron chi connectivity index (χ2n) is 6.26. The molecule has 0 unspecified atom stereocenters. The van der Waals surface area contributed by atoms with Gasteiger partial charge in [0.05, 0.1) is 0 Å². The summed E-state index contributed by atoms with van der Waals surface area (Å²) in [6.07, 6.45) is 3.13. The molecule has 2 rings (SSSR count). The van der Waals surface area contributed by atoms with Gasteiger partial charge in [-0.15, -0.1) is 24.0 Å². The summed E-state index contributed by atoms with van der Waals surface area (Å²) < 4.78 is 48.8. The lowest BCUT2D eigenvalue weighted by Crippen LogP contribution is -2.40. The number of hydrogen-bond acceptors (Lipinski definition) is 3. The molecular formula is C18H27F3IN3O2. The highest BCUT2D eigenvalue weighted by Gasteiger charge is 2.17. The lowest BCUT2D eigenvalue weighted by molar-refractivity contribution is -0.0506. The second-order valence-corrected chi connectivity index (χ2v) is 6.26. The van der Waals surface area contributed by atoms with Crippen LogP contribution >= 0.6 is 24.0 Å². The molecule has 1 N–H and O–H groups in total. The summed E-state index contributed by atoms with van der Waals surface area (Å²) in [7, 11) is 3.53. The van der Waals surface area contributed by atoms with Crippen molar-refractivity contribution in [3.8, 4) is 5.75 Å². The molecule has 0 amide bonds. The maximum atomic E-state index is 14.0. The van der Waals surface area contributed by atoms with E-state index in [2.05, 4.69) is 15.0 Å². The van der Waals surface area contributed by atoms with Crippen molar-refractivity contribution in [2.24, 2.45) is 10.9 Å². The van der Waals surface area contributed by atoms with Crippen LogP contribution in [0.4, 0.5) is 13.2 Å². The highest BCUT2D eigenvalue weighted by molar-refractivity contribution is 14.0. The van der Waals surface area contributed by atoms with Crippen LogP contribution in [-0.2, 0) is 11.3 Å². The predicted molar refractivity (Wildman–Crippen MR) is 109 cm³/mol. The highest BCUT2D eigenvalue weighted by Crippen LogP contribution is 2.23. The summed E-state index contributed by atoms with van der Waals surface area (Å²) >= 11 is 0. The average Bonchev–Trinajstić information content (AvgIpc) is 2.62. The van der Waals surface area contributed by atoms with Crippen LogP contribution in [0.1, 0.15) is 24.8 Å². The van der Waals surface area contributed by atoms with E-state index in [9.17, 15) is 13.2 Å². The second kappa shape index (κ2) is 12.3. The molecule has 0 radical (unpaired) electrons. The van der Waals surface area contributed by atoms with E-state index >= 15 is 0 Å². The normalized spacial score (nSPS) is 15.4. The van der Waals surface area contributed by atoms with Crippen LogP contribution in [0, 0.1) is 11.7 Å². The van der Waals surface area contributed by atoms with Crippen molar-refractivity contribution in [2.75, 3.05) is 33.9 Å². The van der Waals surface area contributed by atoms with Gasteiger partial charge in [-0.3, -0.25) is 4.99 Å². The molecule has 1 aliphatic heterocycles. The monoisotopic (exact) mass is 501 g/mol. The first-order chi connectivity index (χ1) is 12.5. The smallest absolute Gasteiger partial charge is 0.387 e. The average molecular weight is 501 g/mol. The fourth-order valence-electron chi connectivity index (χ4n) is 2.99. The van der Waals surface area contributed by atoms with E-state index in [-0.39, 0.29) is 41.8 Å². The maximum absolute atomic E-state index is 14.0. The number of nitrogens with zero attached hydrogens (tertiary/aromatic N) is 2. The van der Waals surface area contributed by atoms with Crippen LogP contribution in [0.25, 0.3) is 0 Å². The fraction of sp³-hybridized carbons (Fsp3) is 0.611. The van der Waals surface area contributed by atoms with Crippen LogP contribution in [-0.4, -0.2) is 51.3 Å². The number of guanidine groups is 1. The number of hydrogen-bond donors (Lipinski definition) is 1. The Bertz CT molecular complexity index is 599. The summed E-state index contributed by atoms with van der Waals surface area (Å²) in [5, 5.41) is 3.01. The van der Waals surface area contributed by atoms with Gasteiger partial charge in [-0.05, 0) is 37.3 Å². The molecule has 0 aromatic heterocycles. The number of nitrogens with one attached hydrogen (secondary N) is 1. The molecule has 1 aliphatic rings. The summed E-state index contributed by atoms with van der Waals surface area (Å²) in [6.45, 7) is -0.592. The zero-order chi connectivity index (χ0) is 18.9. The molecule has 154 valence electrons. The van der Waals surface area contributed by atoms with Gasteiger partial charge in [0.1, 0.15) is 11.6 Å². The van der Waals surface area contributed by atoms with E-state index in [0.29, 0.717) is 11.9 Å². The van der Waals surface area contributed by atoms with Crippen molar-refractivity contribution >= 4 is 29.9 Å². The van der Waals surface area contributed by atoms with Gasteiger partial charge in [0, 0.05) is 46.0 Å². The van der Waals surface area contributed by atoms with Crippen LogP contribution in [0.5, 0.6) is 5.75 Å². The van der Waals surface area contributed by atoms with E-state index in [1.54, 1.807) is 7.05 Å². The number of ether oxygens (including phenoxy) is 2. The van der Waals surface area contributed by atoms with Gasteiger partial charge in [0.15, 0.2) is 5.96 Å². The van der Waals surface area contributed by atoms with Gasteiger partial charge in [-0.2, -0.15) is 8.78 Å². The van der Waals surface area contributed by atoms with Crippen LogP contribution in [0.15, 0.2) is 23.2 Å². The third-order valence-corrected chi connectivity index (χ3v) is 4.50. The van der Waals surface area contributed by atoms with E-state index in [1.165, 1.54) is 18.2 Å². The Morgan fingerprint density at radius 1 is 1.37 bits per heavy atom. The molecule has 9 heteroatoms. The van der Waals surface area contributed by atoms with Crippen molar-refractivity contribution < 1.29 is 22.6 Å². The minimum absolute atomic E-state index is 0. The summed E-state index contributed by atoms with van der Waals surface area (Å²) in [6, 6.07) is 3.88. The minimum Gasteiger partial charge on any atom is -0.434 e. The minimum atomic E-state index is -3.00. The van der Waals surface area contributed by atoms with E-state index < -0.39 is 12.4 Å². The van der Waals surface area contributed by atoms with Crippen molar-refractivity contribution in [3.05, 3.63) is 29.6 Å². The SMILES string of the molecule is CN=C(NCc1c(F)cccc1OC(F)F)N(C)CCC1CCOCC1.I. The van der Waals surface area contributed by atoms with E-state index in [4.69, 9.17) is 4.74 Å². The van der Waals surface area contributed by atoms with Crippen LogP contribution < -0.4 is 10.1 Å². The largest absolute Gasteiger partial charge is 0.434 e. The number of halogens is 4. The predicted octanol–water partition coefficient (Wildman–Crippen LogP) is 3.87. The first-order valence-corrected chi connectivity index (χ1v) is 8.73. The molecule has 0 saturated carbocycles. The van der Waals surface area contributed by atoms with Gasteiger partial charge < -0.3 is 19.7 Å². The molecule has 1 fully saturated rings.